The van der Waals surface area contributed by atoms with Crippen LogP contribution in [0.15, 0.2) is 40.4 Å². The Bertz CT molecular complexity index is 1160. The molecular formula is C19H22N6O3S3. The Morgan fingerprint density at radius 3 is 2.29 bits per heavy atom. The fraction of sp³-hybridized carbons (Fsp3) is 0.316. The fourth-order valence-corrected chi connectivity index (χ4v) is 5.45. The number of anilines is 2. The minimum absolute atomic E-state index is 0.0587. The van der Waals surface area contributed by atoms with Gasteiger partial charge in [0.05, 0.1) is 10.1 Å². The Balaban J connectivity index is 1.67. The molecule has 12 heteroatoms. The summed E-state index contributed by atoms with van der Waals surface area (Å²) in [4.78, 5) is 21.5. The van der Waals surface area contributed by atoms with Crippen molar-refractivity contribution in [2.45, 2.75) is 49.4 Å². The number of benzene rings is 1. The van der Waals surface area contributed by atoms with Crippen LogP contribution in [0, 0.1) is 20.8 Å². The standard InChI is InChI=1S/C19H22N6O3S3/c1-5-16(30-18-20-11(2)10-12(3)21-18)17(26)22-14-6-8-15(9-7-14)31(27,28)25-19-24-23-13(4)29-19/h6-10,16H,5H2,1-4H3,(H,22,26)(H,24,25). The molecule has 1 aromatic carbocycles. The van der Waals surface area contributed by atoms with E-state index >= 15 is 0 Å². The average molecular weight is 479 g/mol. The van der Waals surface area contributed by atoms with Gasteiger partial charge in [-0.25, -0.2) is 18.4 Å². The predicted octanol–water partition coefficient (Wildman–Crippen LogP) is 3.56. The lowest BCUT2D eigenvalue weighted by atomic mass is 10.3. The van der Waals surface area contributed by atoms with E-state index in [1.807, 2.05) is 26.8 Å². The Morgan fingerprint density at radius 1 is 1.10 bits per heavy atom. The van der Waals surface area contributed by atoms with Crippen LogP contribution < -0.4 is 10.0 Å². The molecule has 0 spiro atoms. The van der Waals surface area contributed by atoms with Gasteiger partial charge in [-0.2, -0.15) is 0 Å². The van der Waals surface area contributed by atoms with Crippen LogP contribution in [0.1, 0.15) is 29.7 Å². The molecule has 2 aromatic heterocycles. The minimum atomic E-state index is -3.79. The molecule has 0 fully saturated rings. The molecule has 0 bridgehead atoms. The van der Waals surface area contributed by atoms with Crippen LogP contribution in [0.25, 0.3) is 0 Å². The number of aryl methyl sites for hydroxylation is 3. The van der Waals surface area contributed by atoms with Crippen LogP contribution in [-0.4, -0.2) is 39.7 Å². The molecule has 0 saturated carbocycles. The monoisotopic (exact) mass is 478 g/mol. The van der Waals surface area contributed by atoms with E-state index in [1.54, 1.807) is 19.1 Å². The summed E-state index contributed by atoms with van der Waals surface area (Å²) < 4.78 is 27.4. The molecule has 9 nitrogen and oxygen atoms in total. The Hall–Kier alpha value is -2.57. The smallest absolute Gasteiger partial charge is 0.263 e. The van der Waals surface area contributed by atoms with Gasteiger partial charge in [-0.1, -0.05) is 30.0 Å². The highest BCUT2D eigenvalue weighted by atomic mass is 32.2. The summed E-state index contributed by atoms with van der Waals surface area (Å²) in [7, 11) is -3.79. The molecule has 0 aliphatic rings. The van der Waals surface area contributed by atoms with Crippen molar-refractivity contribution >= 4 is 49.8 Å². The lowest BCUT2D eigenvalue weighted by Gasteiger charge is -2.14. The van der Waals surface area contributed by atoms with Gasteiger partial charge in [0.15, 0.2) is 5.16 Å². The third-order valence-corrected chi connectivity index (χ3v) is 7.52. The molecule has 2 heterocycles. The average Bonchev–Trinajstić information content (AvgIpc) is 3.09. The number of nitrogens with one attached hydrogen (secondary N) is 2. The molecule has 0 radical (unpaired) electrons. The second-order valence-corrected chi connectivity index (χ2v) is 10.7. The van der Waals surface area contributed by atoms with Crippen LogP contribution >= 0.6 is 23.1 Å². The Morgan fingerprint density at radius 2 is 1.74 bits per heavy atom. The third kappa shape index (κ3) is 6.21. The van der Waals surface area contributed by atoms with E-state index in [4.69, 9.17) is 0 Å². The van der Waals surface area contributed by atoms with Gasteiger partial charge in [0, 0.05) is 17.1 Å². The number of sulfonamides is 1. The zero-order valence-corrected chi connectivity index (χ0v) is 19.9. The normalized spacial score (nSPS) is 12.4. The van der Waals surface area contributed by atoms with E-state index in [9.17, 15) is 13.2 Å². The van der Waals surface area contributed by atoms with E-state index in [0.717, 1.165) is 22.7 Å². The summed E-state index contributed by atoms with van der Waals surface area (Å²) in [5, 5.41) is 11.4. The van der Waals surface area contributed by atoms with Gasteiger partial charge < -0.3 is 5.32 Å². The number of aromatic nitrogens is 4. The fourth-order valence-electron chi connectivity index (χ4n) is 2.65. The van der Waals surface area contributed by atoms with Gasteiger partial charge in [0.2, 0.25) is 11.0 Å². The number of nitrogens with zero attached hydrogens (tertiary/aromatic N) is 4. The summed E-state index contributed by atoms with van der Waals surface area (Å²) in [6, 6.07) is 7.81. The largest absolute Gasteiger partial charge is 0.325 e. The number of carbonyl (C=O) groups is 1. The van der Waals surface area contributed by atoms with Crippen molar-refractivity contribution in [2.75, 3.05) is 10.0 Å². The first-order valence-electron chi connectivity index (χ1n) is 9.39. The summed E-state index contributed by atoms with van der Waals surface area (Å²) in [5.41, 5.74) is 2.19. The van der Waals surface area contributed by atoms with Crippen molar-refractivity contribution in [3.63, 3.8) is 0 Å². The van der Waals surface area contributed by atoms with E-state index in [-0.39, 0.29) is 21.2 Å². The van der Waals surface area contributed by atoms with Crippen molar-refractivity contribution < 1.29 is 13.2 Å². The lowest BCUT2D eigenvalue weighted by Crippen LogP contribution is -2.25. The highest BCUT2D eigenvalue weighted by Gasteiger charge is 2.21. The minimum Gasteiger partial charge on any atom is -0.325 e. The molecule has 164 valence electrons. The van der Waals surface area contributed by atoms with Gasteiger partial charge in [-0.15, -0.1) is 10.2 Å². The van der Waals surface area contributed by atoms with Gasteiger partial charge in [-0.05, 0) is 57.5 Å². The Labute approximate surface area is 189 Å². The summed E-state index contributed by atoms with van der Waals surface area (Å²) in [6.07, 6.45) is 0.588. The van der Waals surface area contributed by atoms with Crippen molar-refractivity contribution in [2.24, 2.45) is 0 Å². The Kier molecular flexibility index (Phi) is 7.23. The van der Waals surface area contributed by atoms with E-state index in [0.29, 0.717) is 22.3 Å². The molecule has 3 aromatic rings. The number of amides is 1. The predicted molar refractivity (Wildman–Crippen MR) is 122 cm³/mol. The van der Waals surface area contributed by atoms with Crippen LogP contribution in [0.2, 0.25) is 0 Å². The van der Waals surface area contributed by atoms with Crippen LogP contribution in [0.3, 0.4) is 0 Å². The van der Waals surface area contributed by atoms with Crippen molar-refractivity contribution in [1.29, 1.82) is 0 Å². The van der Waals surface area contributed by atoms with E-state index in [2.05, 4.69) is 30.2 Å². The molecule has 0 aliphatic carbocycles. The van der Waals surface area contributed by atoms with Gasteiger partial charge in [0.1, 0.15) is 5.01 Å². The van der Waals surface area contributed by atoms with Crippen LogP contribution in [0.4, 0.5) is 10.8 Å². The first kappa shape index (κ1) is 23.1. The molecule has 1 atom stereocenters. The maximum atomic E-state index is 12.7. The first-order chi connectivity index (χ1) is 14.7. The van der Waals surface area contributed by atoms with E-state index < -0.39 is 10.0 Å². The number of rotatable bonds is 8. The second-order valence-electron chi connectivity index (χ2n) is 6.69. The second kappa shape index (κ2) is 9.71. The molecule has 3 rings (SSSR count). The molecule has 1 unspecified atom stereocenters. The molecule has 31 heavy (non-hydrogen) atoms. The molecule has 0 saturated heterocycles. The molecular weight excluding hydrogens is 456 g/mol. The molecule has 2 N–H and O–H groups in total. The molecule has 0 aliphatic heterocycles. The lowest BCUT2D eigenvalue weighted by molar-refractivity contribution is -0.115. The topological polar surface area (TPSA) is 127 Å². The van der Waals surface area contributed by atoms with Crippen molar-refractivity contribution in [3.05, 3.63) is 46.7 Å². The number of hydrogen-bond donors (Lipinski definition) is 2. The highest BCUT2D eigenvalue weighted by Crippen LogP contribution is 2.25. The molecule has 1 amide bonds. The summed E-state index contributed by atoms with van der Waals surface area (Å²) in [5.74, 6) is -0.201. The maximum absolute atomic E-state index is 12.7. The number of thioether (sulfide) groups is 1. The van der Waals surface area contributed by atoms with E-state index in [1.165, 1.54) is 23.9 Å². The third-order valence-electron chi connectivity index (χ3n) is 4.05. The number of hydrogen-bond acceptors (Lipinski definition) is 9. The highest BCUT2D eigenvalue weighted by molar-refractivity contribution is 8.00. The van der Waals surface area contributed by atoms with Crippen molar-refractivity contribution in [1.82, 2.24) is 20.2 Å². The van der Waals surface area contributed by atoms with Crippen LogP contribution in [0.5, 0.6) is 0 Å². The zero-order valence-electron chi connectivity index (χ0n) is 17.4. The summed E-state index contributed by atoms with van der Waals surface area (Å²) >= 11 is 2.45. The van der Waals surface area contributed by atoms with Crippen LogP contribution in [-0.2, 0) is 14.8 Å². The quantitative estimate of drug-likeness (QED) is 0.372. The number of carbonyl (C=O) groups excluding carboxylic acids is 1. The first-order valence-corrected chi connectivity index (χ1v) is 12.6. The zero-order chi connectivity index (χ0) is 22.6. The van der Waals surface area contributed by atoms with Gasteiger partial charge in [0.25, 0.3) is 10.0 Å². The van der Waals surface area contributed by atoms with Crippen molar-refractivity contribution in [3.8, 4) is 0 Å². The van der Waals surface area contributed by atoms with Gasteiger partial charge in [-0.3, -0.25) is 9.52 Å². The summed E-state index contributed by atoms with van der Waals surface area (Å²) in [6.45, 7) is 7.42. The maximum Gasteiger partial charge on any atom is 0.263 e. The SMILES string of the molecule is CCC(Sc1nc(C)cc(C)n1)C(=O)Nc1ccc(S(=O)(=O)Nc2nnc(C)s2)cc1. The van der Waals surface area contributed by atoms with Gasteiger partial charge >= 0.3 is 0 Å².